The van der Waals surface area contributed by atoms with E-state index in [0.29, 0.717) is 23.7 Å². The van der Waals surface area contributed by atoms with Crippen LogP contribution in [0, 0.1) is 5.82 Å². The minimum Gasteiger partial charge on any atom is -0.490 e. The molecule has 0 unspecified atom stereocenters. The monoisotopic (exact) mass is 424 g/mol. The van der Waals surface area contributed by atoms with Gasteiger partial charge in [0.05, 0.1) is 11.1 Å². The van der Waals surface area contributed by atoms with E-state index in [2.05, 4.69) is 26.1 Å². The quantitative estimate of drug-likeness (QED) is 0.578. The molecule has 4 nitrogen and oxygen atoms in total. The van der Waals surface area contributed by atoms with Crippen molar-refractivity contribution in [3.8, 4) is 11.5 Å². The second-order valence-corrected chi connectivity index (χ2v) is 7.05. The Bertz CT molecular complexity index is 710. The van der Waals surface area contributed by atoms with E-state index in [4.69, 9.17) is 9.47 Å². The summed E-state index contributed by atoms with van der Waals surface area (Å²) in [6.07, 6.45) is 0. The van der Waals surface area contributed by atoms with Crippen LogP contribution >= 0.6 is 15.9 Å². The number of likely N-dealkylation sites (N-methyl/N-ethyl adjacent to an activating group) is 1. The third kappa shape index (κ3) is 6.27. The Kier molecular flexibility index (Phi) is 8.35. The molecule has 2 aromatic carbocycles. The van der Waals surface area contributed by atoms with E-state index in [1.807, 2.05) is 33.2 Å². The van der Waals surface area contributed by atoms with Crippen molar-refractivity contribution in [3.05, 3.63) is 57.8 Å². The first kappa shape index (κ1) is 20.7. The number of nitrogens with one attached hydrogen (secondary N) is 1. The lowest BCUT2D eigenvalue weighted by Gasteiger charge is -2.16. The average molecular weight is 425 g/mol. The summed E-state index contributed by atoms with van der Waals surface area (Å²) in [5.74, 6) is 0.970. The maximum absolute atomic E-state index is 13.8. The van der Waals surface area contributed by atoms with Crippen LogP contribution in [0.25, 0.3) is 0 Å². The maximum Gasteiger partial charge on any atom is 0.175 e. The van der Waals surface area contributed by atoms with Gasteiger partial charge in [0, 0.05) is 25.2 Å². The molecule has 26 heavy (non-hydrogen) atoms. The lowest BCUT2D eigenvalue weighted by molar-refractivity contribution is 0.264. The van der Waals surface area contributed by atoms with Gasteiger partial charge in [-0.1, -0.05) is 18.2 Å². The van der Waals surface area contributed by atoms with Gasteiger partial charge in [-0.3, -0.25) is 0 Å². The molecule has 0 aliphatic carbocycles. The fraction of sp³-hybridized carbons (Fsp3) is 0.400. The summed E-state index contributed by atoms with van der Waals surface area (Å²) in [4.78, 5) is 2.13. The standard InChI is InChI=1S/C20H26BrFN2O2/c1-4-25-19-12-15(13-23-9-10-24(2)3)11-17(21)20(19)26-14-16-7-5-6-8-18(16)22/h5-8,11-12,23H,4,9-10,13-14H2,1-3H3. The van der Waals surface area contributed by atoms with Crippen molar-refractivity contribution in [2.24, 2.45) is 0 Å². The molecule has 0 fully saturated rings. The number of rotatable bonds is 10. The van der Waals surface area contributed by atoms with Gasteiger partial charge in [-0.2, -0.15) is 0 Å². The average Bonchev–Trinajstić information content (AvgIpc) is 2.59. The summed E-state index contributed by atoms with van der Waals surface area (Å²) in [5, 5.41) is 3.41. The number of hydrogen-bond acceptors (Lipinski definition) is 4. The molecule has 0 aliphatic heterocycles. The van der Waals surface area contributed by atoms with E-state index in [1.54, 1.807) is 18.2 Å². The smallest absolute Gasteiger partial charge is 0.175 e. The van der Waals surface area contributed by atoms with Gasteiger partial charge in [-0.15, -0.1) is 0 Å². The zero-order valence-electron chi connectivity index (χ0n) is 15.5. The molecule has 0 aliphatic rings. The number of halogens is 2. The van der Waals surface area contributed by atoms with E-state index in [0.717, 1.165) is 29.7 Å². The van der Waals surface area contributed by atoms with Crippen LogP contribution in [0.4, 0.5) is 4.39 Å². The van der Waals surface area contributed by atoms with Crippen LogP contribution in [-0.2, 0) is 13.2 Å². The molecule has 0 radical (unpaired) electrons. The van der Waals surface area contributed by atoms with E-state index >= 15 is 0 Å². The Morgan fingerprint density at radius 2 is 1.92 bits per heavy atom. The molecule has 0 spiro atoms. The molecule has 0 saturated heterocycles. The van der Waals surface area contributed by atoms with Crippen LogP contribution in [0.2, 0.25) is 0 Å². The molecule has 0 amide bonds. The van der Waals surface area contributed by atoms with Gasteiger partial charge in [0.15, 0.2) is 11.5 Å². The van der Waals surface area contributed by atoms with Crippen LogP contribution in [0.1, 0.15) is 18.1 Å². The van der Waals surface area contributed by atoms with Crippen molar-refractivity contribution < 1.29 is 13.9 Å². The van der Waals surface area contributed by atoms with Crippen LogP contribution in [0.3, 0.4) is 0 Å². The largest absolute Gasteiger partial charge is 0.490 e. The molecular formula is C20H26BrFN2O2. The zero-order chi connectivity index (χ0) is 18.9. The van der Waals surface area contributed by atoms with Gasteiger partial charge < -0.3 is 19.7 Å². The van der Waals surface area contributed by atoms with Crippen molar-refractivity contribution in [2.45, 2.75) is 20.1 Å². The van der Waals surface area contributed by atoms with Gasteiger partial charge >= 0.3 is 0 Å². The highest BCUT2D eigenvalue weighted by atomic mass is 79.9. The first-order valence-electron chi connectivity index (χ1n) is 8.68. The normalized spacial score (nSPS) is 11.0. The van der Waals surface area contributed by atoms with Crippen molar-refractivity contribution in [1.82, 2.24) is 10.2 Å². The SMILES string of the molecule is CCOc1cc(CNCCN(C)C)cc(Br)c1OCc1ccccc1F. The molecule has 0 saturated carbocycles. The third-order valence-corrected chi connectivity index (χ3v) is 4.35. The molecule has 6 heteroatoms. The van der Waals surface area contributed by atoms with E-state index in [9.17, 15) is 4.39 Å². The lowest BCUT2D eigenvalue weighted by Crippen LogP contribution is -2.26. The van der Waals surface area contributed by atoms with E-state index in [1.165, 1.54) is 6.07 Å². The predicted octanol–water partition coefficient (Wildman–Crippen LogP) is 4.22. The van der Waals surface area contributed by atoms with Crippen LogP contribution < -0.4 is 14.8 Å². The fourth-order valence-electron chi connectivity index (χ4n) is 2.43. The molecule has 1 N–H and O–H groups in total. The van der Waals surface area contributed by atoms with Gasteiger partial charge in [0.2, 0.25) is 0 Å². The van der Waals surface area contributed by atoms with Crippen molar-refractivity contribution in [1.29, 1.82) is 0 Å². The molecule has 0 aromatic heterocycles. The summed E-state index contributed by atoms with van der Waals surface area (Å²) < 4.78 is 26.2. The number of benzene rings is 2. The molecule has 0 atom stereocenters. The highest BCUT2D eigenvalue weighted by molar-refractivity contribution is 9.10. The Hall–Kier alpha value is -1.63. The molecular weight excluding hydrogens is 399 g/mol. The van der Waals surface area contributed by atoms with E-state index < -0.39 is 0 Å². The van der Waals surface area contributed by atoms with Crippen LogP contribution in [0.5, 0.6) is 11.5 Å². The van der Waals surface area contributed by atoms with Crippen molar-refractivity contribution in [2.75, 3.05) is 33.8 Å². The second-order valence-electron chi connectivity index (χ2n) is 6.20. The van der Waals surface area contributed by atoms with Crippen LogP contribution in [-0.4, -0.2) is 38.7 Å². The van der Waals surface area contributed by atoms with Gasteiger partial charge in [0.25, 0.3) is 0 Å². The van der Waals surface area contributed by atoms with E-state index in [-0.39, 0.29) is 12.4 Å². The number of hydrogen-bond donors (Lipinski definition) is 1. The van der Waals surface area contributed by atoms with Crippen molar-refractivity contribution >= 4 is 15.9 Å². The summed E-state index contributed by atoms with van der Waals surface area (Å²) in [6.45, 7) is 5.21. The highest BCUT2D eigenvalue weighted by Crippen LogP contribution is 2.37. The first-order chi connectivity index (χ1) is 12.5. The Morgan fingerprint density at radius 3 is 2.62 bits per heavy atom. The topological polar surface area (TPSA) is 33.7 Å². The predicted molar refractivity (Wildman–Crippen MR) is 106 cm³/mol. The number of nitrogens with zero attached hydrogens (tertiary/aromatic N) is 1. The Balaban J connectivity index is 2.09. The highest BCUT2D eigenvalue weighted by Gasteiger charge is 2.13. The number of ether oxygens (including phenoxy) is 2. The third-order valence-electron chi connectivity index (χ3n) is 3.76. The first-order valence-corrected chi connectivity index (χ1v) is 9.47. The van der Waals surface area contributed by atoms with Gasteiger partial charge in [-0.05, 0) is 60.7 Å². The molecule has 2 rings (SSSR count). The summed E-state index contributed by atoms with van der Waals surface area (Å²) in [5.41, 5.74) is 1.61. The molecule has 142 valence electrons. The molecule has 0 heterocycles. The maximum atomic E-state index is 13.8. The fourth-order valence-corrected chi connectivity index (χ4v) is 3.03. The minimum absolute atomic E-state index is 0.145. The van der Waals surface area contributed by atoms with Gasteiger partial charge in [0.1, 0.15) is 12.4 Å². The second kappa shape index (κ2) is 10.5. The molecule has 0 bridgehead atoms. The van der Waals surface area contributed by atoms with Crippen LogP contribution in [0.15, 0.2) is 40.9 Å². The Labute approximate surface area is 163 Å². The summed E-state index contributed by atoms with van der Waals surface area (Å²) in [6, 6.07) is 10.6. The van der Waals surface area contributed by atoms with Gasteiger partial charge in [-0.25, -0.2) is 4.39 Å². The minimum atomic E-state index is -0.275. The Morgan fingerprint density at radius 1 is 1.15 bits per heavy atom. The zero-order valence-corrected chi connectivity index (χ0v) is 17.1. The molecule has 2 aromatic rings. The summed E-state index contributed by atoms with van der Waals surface area (Å²) >= 11 is 3.56. The van der Waals surface area contributed by atoms with Crippen molar-refractivity contribution in [3.63, 3.8) is 0 Å². The lowest BCUT2D eigenvalue weighted by atomic mass is 10.2. The summed E-state index contributed by atoms with van der Waals surface area (Å²) in [7, 11) is 4.10.